The van der Waals surface area contributed by atoms with Gasteiger partial charge in [0, 0.05) is 19.7 Å². The molecule has 2 unspecified atom stereocenters. The Hall–Kier alpha value is -0.160. The van der Waals surface area contributed by atoms with Crippen LogP contribution in [-0.4, -0.2) is 54.5 Å². The molecule has 4 nitrogen and oxygen atoms in total. The first kappa shape index (κ1) is 15.9. The van der Waals surface area contributed by atoms with Crippen LogP contribution in [0.25, 0.3) is 0 Å². The zero-order valence-electron chi connectivity index (χ0n) is 12.0. The molecule has 18 heavy (non-hydrogen) atoms. The summed E-state index contributed by atoms with van der Waals surface area (Å²) in [5.74, 6) is 0. The molecule has 1 heterocycles. The van der Waals surface area contributed by atoms with Gasteiger partial charge in [0.25, 0.3) is 0 Å². The van der Waals surface area contributed by atoms with E-state index >= 15 is 0 Å². The molecule has 0 aromatic rings. The minimum absolute atomic E-state index is 0.362. The van der Waals surface area contributed by atoms with Gasteiger partial charge in [0.05, 0.1) is 11.7 Å². The van der Waals surface area contributed by atoms with Gasteiger partial charge in [-0.1, -0.05) is 13.8 Å². The maximum atomic E-state index is 10.1. The van der Waals surface area contributed by atoms with Gasteiger partial charge in [-0.05, 0) is 45.2 Å². The third-order valence-corrected chi connectivity index (χ3v) is 4.09. The summed E-state index contributed by atoms with van der Waals surface area (Å²) in [7, 11) is 0. The quantitative estimate of drug-likeness (QED) is 0.656. The number of rotatable bonds is 9. The Morgan fingerprint density at radius 2 is 2.22 bits per heavy atom. The van der Waals surface area contributed by atoms with Crippen LogP contribution in [0.4, 0.5) is 0 Å². The van der Waals surface area contributed by atoms with Gasteiger partial charge >= 0.3 is 0 Å². The SMILES string of the molecule is CCN(CCCC(O)(CC)CN)CC1CCCO1. The van der Waals surface area contributed by atoms with Gasteiger partial charge in [0.15, 0.2) is 0 Å². The Balaban J connectivity index is 2.22. The summed E-state index contributed by atoms with van der Waals surface area (Å²) in [4.78, 5) is 2.42. The maximum absolute atomic E-state index is 10.1. The summed E-state index contributed by atoms with van der Waals surface area (Å²) in [6.45, 7) is 8.57. The van der Waals surface area contributed by atoms with Crippen molar-refractivity contribution in [3.63, 3.8) is 0 Å². The van der Waals surface area contributed by atoms with Crippen molar-refractivity contribution >= 4 is 0 Å². The van der Waals surface area contributed by atoms with E-state index in [0.29, 0.717) is 12.6 Å². The Morgan fingerprint density at radius 3 is 2.72 bits per heavy atom. The minimum atomic E-state index is -0.663. The summed E-state index contributed by atoms with van der Waals surface area (Å²) in [6, 6.07) is 0. The second-order valence-electron chi connectivity index (χ2n) is 5.41. The third-order valence-electron chi connectivity index (χ3n) is 4.09. The highest BCUT2D eigenvalue weighted by Crippen LogP contribution is 2.17. The molecule has 4 heteroatoms. The monoisotopic (exact) mass is 258 g/mol. The van der Waals surface area contributed by atoms with Gasteiger partial charge in [-0.2, -0.15) is 0 Å². The van der Waals surface area contributed by atoms with Crippen molar-refractivity contribution in [3.8, 4) is 0 Å². The van der Waals surface area contributed by atoms with E-state index in [1.54, 1.807) is 0 Å². The topological polar surface area (TPSA) is 58.7 Å². The number of nitrogens with zero attached hydrogens (tertiary/aromatic N) is 1. The van der Waals surface area contributed by atoms with E-state index in [1.165, 1.54) is 12.8 Å². The van der Waals surface area contributed by atoms with E-state index in [4.69, 9.17) is 10.5 Å². The van der Waals surface area contributed by atoms with E-state index in [-0.39, 0.29) is 0 Å². The van der Waals surface area contributed by atoms with Crippen LogP contribution < -0.4 is 5.73 Å². The lowest BCUT2D eigenvalue weighted by atomic mass is 9.95. The summed E-state index contributed by atoms with van der Waals surface area (Å²) >= 11 is 0. The van der Waals surface area contributed by atoms with Crippen LogP contribution in [0.3, 0.4) is 0 Å². The fourth-order valence-electron chi connectivity index (χ4n) is 2.51. The molecule has 3 N–H and O–H groups in total. The van der Waals surface area contributed by atoms with Crippen LogP contribution in [0.2, 0.25) is 0 Å². The zero-order chi connectivity index (χ0) is 13.4. The lowest BCUT2D eigenvalue weighted by Gasteiger charge is -2.28. The fourth-order valence-corrected chi connectivity index (χ4v) is 2.51. The number of nitrogens with two attached hydrogens (primary N) is 1. The largest absolute Gasteiger partial charge is 0.389 e. The van der Waals surface area contributed by atoms with Crippen molar-refractivity contribution in [1.29, 1.82) is 0 Å². The maximum Gasteiger partial charge on any atom is 0.0767 e. The van der Waals surface area contributed by atoms with Gasteiger partial charge < -0.3 is 20.5 Å². The Labute approximate surface area is 111 Å². The molecule has 1 saturated heterocycles. The highest BCUT2D eigenvalue weighted by molar-refractivity contribution is 4.78. The fraction of sp³-hybridized carbons (Fsp3) is 1.00. The molecule has 0 saturated carbocycles. The summed E-state index contributed by atoms with van der Waals surface area (Å²) in [6.07, 6.45) is 5.35. The molecule has 0 aromatic carbocycles. The Morgan fingerprint density at radius 1 is 1.44 bits per heavy atom. The molecule has 1 fully saturated rings. The van der Waals surface area contributed by atoms with E-state index < -0.39 is 5.60 Å². The van der Waals surface area contributed by atoms with Crippen molar-refractivity contribution in [2.75, 3.05) is 32.8 Å². The molecule has 108 valence electrons. The van der Waals surface area contributed by atoms with Crippen LogP contribution in [-0.2, 0) is 4.74 Å². The van der Waals surface area contributed by atoms with Crippen molar-refractivity contribution in [3.05, 3.63) is 0 Å². The predicted octanol–water partition coefficient (Wildman–Crippen LogP) is 1.37. The van der Waals surface area contributed by atoms with Gasteiger partial charge in [-0.15, -0.1) is 0 Å². The molecular weight excluding hydrogens is 228 g/mol. The third kappa shape index (κ3) is 5.22. The summed E-state index contributed by atoms with van der Waals surface area (Å²) in [5.41, 5.74) is 4.95. The molecule has 0 aromatic heterocycles. The lowest BCUT2D eigenvalue weighted by Crippen LogP contribution is -2.39. The van der Waals surface area contributed by atoms with Gasteiger partial charge in [0.1, 0.15) is 0 Å². The molecule has 1 aliphatic heterocycles. The van der Waals surface area contributed by atoms with Crippen molar-refractivity contribution in [2.45, 2.75) is 57.7 Å². The van der Waals surface area contributed by atoms with Crippen LogP contribution in [0.15, 0.2) is 0 Å². The van der Waals surface area contributed by atoms with Crippen LogP contribution in [0.5, 0.6) is 0 Å². The zero-order valence-corrected chi connectivity index (χ0v) is 12.0. The van der Waals surface area contributed by atoms with Crippen LogP contribution in [0, 0.1) is 0 Å². The molecule has 1 rings (SSSR count). The number of aliphatic hydroxyl groups is 1. The summed E-state index contributed by atoms with van der Waals surface area (Å²) in [5, 5.41) is 10.1. The van der Waals surface area contributed by atoms with Crippen molar-refractivity contribution in [2.24, 2.45) is 5.73 Å². The number of ether oxygens (including phenoxy) is 1. The molecule has 0 spiro atoms. The highest BCUT2D eigenvalue weighted by Gasteiger charge is 2.23. The van der Waals surface area contributed by atoms with Crippen LogP contribution in [0.1, 0.15) is 46.0 Å². The number of likely N-dealkylation sites (N-methyl/N-ethyl adjacent to an activating group) is 1. The average molecular weight is 258 g/mol. The Bertz CT molecular complexity index is 214. The van der Waals surface area contributed by atoms with E-state index in [1.807, 2.05) is 6.92 Å². The molecule has 0 bridgehead atoms. The van der Waals surface area contributed by atoms with E-state index in [9.17, 15) is 5.11 Å². The van der Waals surface area contributed by atoms with E-state index in [2.05, 4.69) is 11.8 Å². The molecule has 0 aliphatic carbocycles. The van der Waals surface area contributed by atoms with Crippen molar-refractivity contribution in [1.82, 2.24) is 4.90 Å². The predicted molar refractivity (Wildman–Crippen MR) is 74.6 cm³/mol. The first-order valence-electron chi connectivity index (χ1n) is 7.40. The van der Waals surface area contributed by atoms with Crippen molar-refractivity contribution < 1.29 is 9.84 Å². The minimum Gasteiger partial charge on any atom is -0.389 e. The highest BCUT2D eigenvalue weighted by atomic mass is 16.5. The second kappa shape index (κ2) is 8.10. The number of hydrogen-bond donors (Lipinski definition) is 2. The molecular formula is C14H30N2O2. The Kier molecular flexibility index (Phi) is 7.15. The average Bonchev–Trinajstić information content (AvgIpc) is 2.90. The van der Waals surface area contributed by atoms with Gasteiger partial charge in [-0.25, -0.2) is 0 Å². The first-order valence-corrected chi connectivity index (χ1v) is 7.40. The number of hydrogen-bond acceptors (Lipinski definition) is 4. The second-order valence-corrected chi connectivity index (χ2v) is 5.41. The van der Waals surface area contributed by atoms with Crippen LogP contribution >= 0.6 is 0 Å². The van der Waals surface area contributed by atoms with Gasteiger partial charge in [0.2, 0.25) is 0 Å². The molecule has 2 atom stereocenters. The molecule has 0 radical (unpaired) electrons. The van der Waals surface area contributed by atoms with Gasteiger partial charge in [-0.3, -0.25) is 0 Å². The smallest absolute Gasteiger partial charge is 0.0767 e. The molecule has 0 amide bonds. The normalized spacial score (nSPS) is 23.5. The standard InChI is InChI=1S/C14H30N2O2/c1-3-14(17,12-15)8-6-9-16(4-2)11-13-7-5-10-18-13/h13,17H,3-12,15H2,1-2H3. The molecule has 1 aliphatic rings. The summed E-state index contributed by atoms with van der Waals surface area (Å²) < 4.78 is 5.66. The first-order chi connectivity index (χ1) is 8.63. The lowest BCUT2D eigenvalue weighted by molar-refractivity contribution is 0.0286. The van der Waals surface area contributed by atoms with E-state index in [0.717, 1.165) is 45.5 Å².